The molecule has 1 aliphatic rings. The first-order valence-corrected chi connectivity index (χ1v) is 6.99. The molecule has 0 radical (unpaired) electrons. The normalized spacial score (nSPS) is 18.0. The minimum absolute atomic E-state index is 0.0425. The largest absolute Gasteiger partial charge is 0.330 e. The van der Waals surface area contributed by atoms with E-state index in [0.717, 1.165) is 25.7 Å². The van der Waals surface area contributed by atoms with Gasteiger partial charge in [0.15, 0.2) is 0 Å². The molecule has 2 rings (SSSR count). The maximum Gasteiger partial charge on any atom is 0.226 e. The van der Waals surface area contributed by atoms with Crippen LogP contribution in [0.5, 0.6) is 0 Å². The number of halogens is 1. The maximum atomic E-state index is 12.1. The first-order valence-electron chi connectivity index (χ1n) is 6.61. The van der Waals surface area contributed by atoms with Crippen LogP contribution in [0.25, 0.3) is 0 Å². The number of nitrogens with one attached hydrogen (secondary N) is 1. The highest BCUT2D eigenvalue weighted by Crippen LogP contribution is 2.38. The Morgan fingerprint density at radius 3 is 2.74 bits per heavy atom. The molecule has 6 heteroatoms. The zero-order valence-electron chi connectivity index (χ0n) is 10.9. The Morgan fingerprint density at radius 2 is 2.11 bits per heavy atom. The standard InChI is InChI=1S/C13H19ClN4O/c14-10-6-11(17-9-16-10)18-12(19)7-13(8-15)4-2-1-3-5-13/h6,9H,1-5,7-8,15H2,(H,16,17,18,19). The van der Waals surface area contributed by atoms with Crippen molar-refractivity contribution >= 4 is 23.3 Å². The first-order chi connectivity index (χ1) is 9.13. The molecule has 0 atom stereocenters. The van der Waals surface area contributed by atoms with Crippen molar-refractivity contribution in [1.29, 1.82) is 0 Å². The van der Waals surface area contributed by atoms with Crippen LogP contribution in [0.4, 0.5) is 5.82 Å². The number of aromatic nitrogens is 2. The SMILES string of the molecule is NCC1(CC(=O)Nc2cc(Cl)ncn2)CCCCC1. The number of amides is 1. The minimum atomic E-state index is -0.0536. The molecule has 0 aliphatic heterocycles. The molecule has 1 aliphatic carbocycles. The van der Waals surface area contributed by atoms with Crippen LogP contribution in [0.2, 0.25) is 5.15 Å². The van der Waals surface area contributed by atoms with Crippen molar-refractivity contribution in [3.8, 4) is 0 Å². The van der Waals surface area contributed by atoms with Gasteiger partial charge in [0.25, 0.3) is 0 Å². The molecule has 3 N–H and O–H groups in total. The Labute approximate surface area is 118 Å². The zero-order valence-corrected chi connectivity index (χ0v) is 11.6. The van der Waals surface area contributed by atoms with Crippen LogP contribution < -0.4 is 11.1 Å². The third-order valence-corrected chi connectivity index (χ3v) is 3.99. The van der Waals surface area contributed by atoms with E-state index in [9.17, 15) is 4.79 Å². The monoisotopic (exact) mass is 282 g/mol. The molecule has 5 nitrogen and oxygen atoms in total. The van der Waals surface area contributed by atoms with Gasteiger partial charge in [-0.2, -0.15) is 0 Å². The fourth-order valence-electron chi connectivity index (χ4n) is 2.68. The van der Waals surface area contributed by atoms with Gasteiger partial charge in [0.1, 0.15) is 17.3 Å². The van der Waals surface area contributed by atoms with E-state index in [4.69, 9.17) is 17.3 Å². The number of hydrogen-bond acceptors (Lipinski definition) is 4. The lowest BCUT2D eigenvalue weighted by atomic mass is 9.71. The van der Waals surface area contributed by atoms with Crippen molar-refractivity contribution in [2.45, 2.75) is 38.5 Å². The third kappa shape index (κ3) is 3.88. The number of anilines is 1. The van der Waals surface area contributed by atoms with E-state index in [0.29, 0.717) is 23.9 Å². The van der Waals surface area contributed by atoms with Crippen LogP contribution in [0.15, 0.2) is 12.4 Å². The fraction of sp³-hybridized carbons (Fsp3) is 0.615. The Morgan fingerprint density at radius 1 is 1.37 bits per heavy atom. The summed E-state index contributed by atoms with van der Waals surface area (Å²) in [7, 11) is 0. The number of hydrogen-bond donors (Lipinski definition) is 2. The molecular formula is C13H19ClN4O. The van der Waals surface area contributed by atoms with Crippen molar-refractivity contribution in [3.05, 3.63) is 17.5 Å². The van der Waals surface area contributed by atoms with E-state index < -0.39 is 0 Å². The topological polar surface area (TPSA) is 80.9 Å². The predicted molar refractivity (Wildman–Crippen MR) is 74.9 cm³/mol. The van der Waals surface area contributed by atoms with E-state index in [2.05, 4.69) is 15.3 Å². The summed E-state index contributed by atoms with van der Waals surface area (Å²) in [5.74, 6) is 0.384. The predicted octanol–water partition coefficient (Wildman–Crippen LogP) is 2.37. The highest BCUT2D eigenvalue weighted by atomic mass is 35.5. The Bertz CT molecular complexity index is 446. The fourth-order valence-corrected chi connectivity index (χ4v) is 2.83. The molecule has 0 saturated heterocycles. The lowest BCUT2D eigenvalue weighted by Crippen LogP contribution is -2.36. The molecular weight excluding hydrogens is 264 g/mol. The van der Waals surface area contributed by atoms with Crippen molar-refractivity contribution in [2.75, 3.05) is 11.9 Å². The second-order valence-electron chi connectivity index (χ2n) is 5.22. The molecule has 1 heterocycles. The van der Waals surface area contributed by atoms with Gasteiger partial charge in [-0.1, -0.05) is 30.9 Å². The molecule has 1 saturated carbocycles. The van der Waals surface area contributed by atoms with Gasteiger partial charge in [-0.3, -0.25) is 4.79 Å². The molecule has 104 valence electrons. The summed E-state index contributed by atoms with van der Waals surface area (Å²) in [5.41, 5.74) is 5.83. The smallest absolute Gasteiger partial charge is 0.226 e. The molecule has 1 aromatic heterocycles. The van der Waals surface area contributed by atoms with E-state index in [1.54, 1.807) is 0 Å². The van der Waals surface area contributed by atoms with Gasteiger partial charge in [0.2, 0.25) is 5.91 Å². The van der Waals surface area contributed by atoms with Gasteiger partial charge >= 0.3 is 0 Å². The summed E-state index contributed by atoms with van der Waals surface area (Å²) in [5, 5.41) is 3.08. The number of nitrogens with two attached hydrogens (primary N) is 1. The van der Waals surface area contributed by atoms with Crippen molar-refractivity contribution in [3.63, 3.8) is 0 Å². The summed E-state index contributed by atoms with van der Waals surface area (Å²) >= 11 is 5.75. The molecule has 1 aromatic rings. The van der Waals surface area contributed by atoms with Crippen molar-refractivity contribution in [1.82, 2.24) is 9.97 Å². The highest BCUT2D eigenvalue weighted by Gasteiger charge is 2.33. The van der Waals surface area contributed by atoms with Crippen LogP contribution in [0.3, 0.4) is 0 Å². The summed E-state index contributed by atoms with van der Waals surface area (Å²) in [6.45, 7) is 0.560. The third-order valence-electron chi connectivity index (χ3n) is 3.78. The lowest BCUT2D eigenvalue weighted by Gasteiger charge is -2.35. The zero-order chi connectivity index (χ0) is 13.7. The molecule has 0 aromatic carbocycles. The summed E-state index contributed by atoms with van der Waals surface area (Å²) < 4.78 is 0. The Kier molecular flexibility index (Phi) is 4.71. The van der Waals surface area contributed by atoms with Crippen LogP contribution in [0, 0.1) is 5.41 Å². The molecule has 0 bridgehead atoms. The number of nitrogens with zero attached hydrogens (tertiary/aromatic N) is 2. The number of carbonyl (C=O) groups is 1. The summed E-state index contributed by atoms with van der Waals surface area (Å²) in [6.07, 6.45) is 7.39. The van der Waals surface area contributed by atoms with Gasteiger partial charge in [-0.25, -0.2) is 9.97 Å². The van der Waals surface area contributed by atoms with Gasteiger partial charge in [-0.05, 0) is 24.8 Å². The van der Waals surface area contributed by atoms with E-state index in [1.807, 2.05) is 0 Å². The minimum Gasteiger partial charge on any atom is -0.330 e. The lowest BCUT2D eigenvalue weighted by molar-refractivity contribution is -0.118. The van der Waals surface area contributed by atoms with Crippen LogP contribution >= 0.6 is 11.6 Å². The number of carbonyl (C=O) groups excluding carboxylic acids is 1. The average molecular weight is 283 g/mol. The maximum absolute atomic E-state index is 12.1. The van der Waals surface area contributed by atoms with Crippen LogP contribution in [-0.4, -0.2) is 22.4 Å². The molecule has 0 unspecified atom stereocenters. The molecule has 1 amide bonds. The molecule has 1 fully saturated rings. The quantitative estimate of drug-likeness (QED) is 0.831. The van der Waals surface area contributed by atoms with Crippen molar-refractivity contribution in [2.24, 2.45) is 11.1 Å². The van der Waals surface area contributed by atoms with Gasteiger partial charge in [-0.15, -0.1) is 0 Å². The summed E-state index contributed by atoms with van der Waals surface area (Å²) in [4.78, 5) is 19.8. The van der Waals surface area contributed by atoms with Gasteiger partial charge < -0.3 is 11.1 Å². The van der Waals surface area contributed by atoms with Gasteiger partial charge in [0.05, 0.1) is 0 Å². The Hall–Kier alpha value is -1.20. The van der Waals surface area contributed by atoms with Gasteiger partial charge in [0, 0.05) is 12.5 Å². The second-order valence-corrected chi connectivity index (χ2v) is 5.60. The van der Waals surface area contributed by atoms with Crippen molar-refractivity contribution < 1.29 is 4.79 Å². The van der Waals surface area contributed by atoms with Crippen LogP contribution in [-0.2, 0) is 4.79 Å². The molecule has 0 spiro atoms. The summed E-state index contributed by atoms with van der Waals surface area (Å²) in [6, 6.07) is 1.54. The van der Waals surface area contributed by atoms with E-state index in [1.165, 1.54) is 18.8 Å². The number of rotatable bonds is 4. The van der Waals surface area contributed by atoms with E-state index >= 15 is 0 Å². The first kappa shape index (κ1) is 14.2. The second kappa shape index (κ2) is 6.30. The van der Waals surface area contributed by atoms with E-state index in [-0.39, 0.29) is 11.3 Å². The average Bonchev–Trinajstić information content (AvgIpc) is 2.39. The molecule has 19 heavy (non-hydrogen) atoms. The Balaban J connectivity index is 1.96. The van der Waals surface area contributed by atoms with Crippen LogP contribution in [0.1, 0.15) is 38.5 Å². The highest BCUT2D eigenvalue weighted by molar-refractivity contribution is 6.29.